The second-order valence-electron chi connectivity index (χ2n) is 5.38. The number of fused-ring (bicyclic) bond motifs is 1. The number of carbonyl (C=O) groups is 2. The summed E-state index contributed by atoms with van der Waals surface area (Å²) >= 11 is 0. The largest absolute Gasteiger partial charge is 0.464 e. The van der Waals surface area contributed by atoms with Gasteiger partial charge in [0.15, 0.2) is 0 Å². The first-order chi connectivity index (χ1) is 8.87. The standard InChI is InChI=1S/C11H14O7S/c12-10(17-1-2-19(14,15)16)8-5-3-6-7(4-5)18-11(13)9(6)8/h5-9H,1-4H2,(H,14,15,16). The van der Waals surface area contributed by atoms with Crippen molar-refractivity contribution in [3.63, 3.8) is 0 Å². The first-order valence-electron chi connectivity index (χ1n) is 6.19. The molecule has 8 heteroatoms. The molecule has 3 aliphatic rings. The summed E-state index contributed by atoms with van der Waals surface area (Å²) in [5.41, 5.74) is 0. The van der Waals surface area contributed by atoms with Gasteiger partial charge in [-0.1, -0.05) is 0 Å². The average molecular weight is 290 g/mol. The molecular weight excluding hydrogens is 276 g/mol. The zero-order chi connectivity index (χ0) is 13.8. The molecule has 1 heterocycles. The van der Waals surface area contributed by atoms with Gasteiger partial charge in [-0.15, -0.1) is 0 Å². The Balaban J connectivity index is 1.63. The predicted octanol–water partition coefficient (Wildman–Crippen LogP) is -0.385. The van der Waals surface area contributed by atoms with E-state index in [1.54, 1.807) is 0 Å². The quantitative estimate of drug-likeness (QED) is 0.555. The predicted molar refractivity (Wildman–Crippen MR) is 60.4 cm³/mol. The third kappa shape index (κ3) is 2.12. The highest BCUT2D eigenvalue weighted by Gasteiger charge is 2.64. The van der Waals surface area contributed by atoms with Crippen LogP contribution < -0.4 is 0 Å². The van der Waals surface area contributed by atoms with E-state index >= 15 is 0 Å². The lowest BCUT2D eigenvalue weighted by atomic mass is 9.80. The SMILES string of the molecule is O=C(OCCS(=O)(=O)O)C1C2CC3OC(=O)C1C3C2. The molecule has 0 radical (unpaired) electrons. The molecule has 0 aromatic heterocycles. The molecule has 1 N–H and O–H groups in total. The highest BCUT2D eigenvalue weighted by Crippen LogP contribution is 2.57. The first kappa shape index (κ1) is 12.9. The van der Waals surface area contributed by atoms with Crippen molar-refractivity contribution in [1.82, 2.24) is 0 Å². The highest BCUT2D eigenvalue weighted by atomic mass is 32.2. The molecule has 2 bridgehead atoms. The molecule has 19 heavy (non-hydrogen) atoms. The van der Waals surface area contributed by atoms with E-state index in [-0.39, 0.29) is 23.9 Å². The van der Waals surface area contributed by atoms with E-state index in [0.717, 1.165) is 6.42 Å². The Bertz CT molecular complexity index is 523. The van der Waals surface area contributed by atoms with Crippen molar-refractivity contribution < 1.29 is 32.0 Å². The van der Waals surface area contributed by atoms with Crippen LogP contribution in [0.3, 0.4) is 0 Å². The molecule has 106 valence electrons. The third-order valence-electron chi connectivity index (χ3n) is 4.34. The van der Waals surface area contributed by atoms with Crippen LogP contribution in [0, 0.1) is 23.7 Å². The molecule has 5 unspecified atom stereocenters. The molecule has 0 aromatic rings. The maximum Gasteiger partial charge on any atom is 0.310 e. The lowest BCUT2D eigenvalue weighted by molar-refractivity contribution is -0.155. The van der Waals surface area contributed by atoms with Crippen molar-refractivity contribution in [2.45, 2.75) is 18.9 Å². The van der Waals surface area contributed by atoms with Gasteiger partial charge in [-0.05, 0) is 18.8 Å². The Morgan fingerprint density at radius 2 is 2.16 bits per heavy atom. The van der Waals surface area contributed by atoms with Gasteiger partial charge in [0.2, 0.25) is 0 Å². The minimum Gasteiger partial charge on any atom is -0.464 e. The van der Waals surface area contributed by atoms with Gasteiger partial charge in [-0.3, -0.25) is 14.1 Å². The Morgan fingerprint density at radius 1 is 1.42 bits per heavy atom. The number of ether oxygens (including phenoxy) is 2. The Morgan fingerprint density at radius 3 is 2.84 bits per heavy atom. The maximum absolute atomic E-state index is 11.9. The topological polar surface area (TPSA) is 107 Å². The first-order valence-corrected chi connectivity index (χ1v) is 7.80. The number of rotatable bonds is 4. The van der Waals surface area contributed by atoms with E-state index in [4.69, 9.17) is 14.0 Å². The molecule has 3 rings (SSSR count). The molecule has 1 saturated heterocycles. The van der Waals surface area contributed by atoms with Crippen LogP contribution in [-0.4, -0.2) is 43.4 Å². The molecule has 2 aliphatic carbocycles. The van der Waals surface area contributed by atoms with E-state index < -0.39 is 40.3 Å². The maximum atomic E-state index is 11.9. The molecule has 5 atom stereocenters. The van der Waals surface area contributed by atoms with Crippen LogP contribution >= 0.6 is 0 Å². The van der Waals surface area contributed by atoms with Crippen LogP contribution in [-0.2, 0) is 29.2 Å². The fraction of sp³-hybridized carbons (Fsp3) is 0.818. The van der Waals surface area contributed by atoms with Crippen molar-refractivity contribution in [3.8, 4) is 0 Å². The normalized spacial score (nSPS) is 39.4. The monoisotopic (exact) mass is 290 g/mol. The smallest absolute Gasteiger partial charge is 0.310 e. The summed E-state index contributed by atoms with van der Waals surface area (Å²) in [5, 5.41) is 0. The van der Waals surface area contributed by atoms with Crippen molar-refractivity contribution in [2.75, 3.05) is 12.4 Å². The summed E-state index contributed by atoms with van der Waals surface area (Å²) in [5.74, 6) is -2.27. The van der Waals surface area contributed by atoms with Crippen LogP contribution in [0.4, 0.5) is 0 Å². The highest BCUT2D eigenvalue weighted by molar-refractivity contribution is 7.85. The van der Waals surface area contributed by atoms with Crippen molar-refractivity contribution in [1.29, 1.82) is 0 Å². The Labute approximate surface area is 110 Å². The molecule has 7 nitrogen and oxygen atoms in total. The van der Waals surface area contributed by atoms with E-state index in [9.17, 15) is 18.0 Å². The molecule has 2 saturated carbocycles. The van der Waals surface area contributed by atoms with Crippen LogP contribution in [0.2, 0.25) is 0 Å². The van der Waals surface area contributed by atoms with Crippen LogP contribution in [0.1, 0.15) is 12.8 Å². The van der Waals surface area contributed by atoms with Gasteiger partial charge >= 0.3 is 11.9 Å². The van der Waals surface area contributed by atoms with E-state index in [1.807, 2.05) is 0 Å². The number of hydrogen-bond donors (Lipinski definition) is 1. The molecule has 0 aromatic carbocycles. The second-order valence-corrected chi connectivity index (χ2v) is 6.95. The van der Waals surface area contributed by atoms with Gasteiger partial charge in [0.1, 0.15) is 18.5 Å². The van der Waals surface area contributed by atoms with Gasteiger partial charge in [-0.25, -0.2) is 0 Å². The van der Waals surface area contributed by atoms with Crippen molar-refractivity contribution >= 4 is 22.1 Å². The molecule has 0 amide bonds. The fourth-order valence-electron chi connectivity index (χ4n) is 3.67. The van der Waals surface area contributed by atoms with Gasteiger partial charge in [0, 0.05) is 5.92 Å². The summed E-state index contributed by atoms with van der Waals surface area (Å²) < 4.78 is 39.7. The molecule has 3 fully saturated rings. The number of esters is 2. The minimum absolute atomic E-state index is 0.0515. The minimum atomic E-state index is -4.14. The lowest BCUT2D eigenvalue weighted by Crippen LogP contribution is -2.34. The van der Waals surface area contributed by atoms with Crippen LogP contribution in [0.25, 0.3) is 0 Å². The van der Waals surface area contributed by atoms with Crippen LogP contribution in [0.15, 0.2) is 0 Å². The summed E-state index contributed by atoms with van der Waals surface area (Å²) in [7, 11) is -4.14. The summed E-state index contributed by atoms with van der Waals surface area (Å²) in [4.78, 5) is 23.6. The molecule has 0 spiro atoms. The number of carbonyl (C=O) groups excluding carboxylic acids is 2. The fourth-order valence-corrected chi connectivity index (χ4v) is 3.96. The molecular formula is C11H14O7S. The number of hydrogen-bond acceptors (Lipinski definition) is 6. The third-order valence-corrected chi connectivity index (χ3v) is 5.02. The van der Waals surface area contributed by atoms with E-state index in [0.29, 0.717) is 6.42 Å². The zero-order valence-electron chi connectivity index (χ0n) is 10.0. The van der Waals surface area contributed by atoms with Crippen molar-refractivity contribution in [2.24, 2.45) is 23.7 Å². The Kier molecular flexibility index (Phi) is 2.82. The van der Waals surface area contributed by atoms with Gasteiger partial charge < -0.3 is 9.47 Å². The van der Waals surface area contributed by atoms with Gasteiger partial charge in [-0.2, -0.15) is 8.42 Å². The van der Waals surface area contributed by atoms with Crippen LogP contribution in [0.5, 0.6) is 0 Å². The average Bonchev–Trinajstić information content (AvgIpc) is 2.86. The summed E-state index contributed by atoms with van der Waals surface area (Å²) in [6.45, 7) is -0.392. The lowest BCUT2D eigenvalue weighted by Gasteiger charge is -2.22. The zero-order valence-corrected chi connectivity index (χ0v) is 10.8. The summed E-state index contributed by atoms with van der Waals surface area (Å²) in [6, 6.07) is 0. The van der Waals surface area contributed by atoms with E-state index in [1.165, 1.54) is 0 Å². The Hall–Kier alpha value is -1.15. The second kappa shape index (κ2) is 4.17. The molecule has 1 aliphatic heterocycles. The van der Waals surface area contributed by atoms with Crippen molar-refractivity contribution in [3.05, 3.63) is 0 Å². The van der Waals surface area contributed by atoms with Gasteiger partial charge in [0.05, 0.1) is 11.8 Å². The van der Waals surface area contributed by atoms with E-state index in [2.05, 4.69) is 0 Å². The summed E-state index contributed by atoms with van der Waals surface area (Å²) in [6.07, 6.45) is 1.42. The van der Waals surface area contributed by atoms with Gasteiger partial charge in [0.25, 0.3) is 10.1 Å².